The molecule has 134 valence electrons. The Bertz CT molecular complexity index is 1130. The Morgan fingerprint density at radius 2 is 2.11 bits per heavy atom. The van der Waals surface area contributed by atoms with Crippen LogP contribution in [0.2, 0.25) is 0 Å². The van der Waals surface area contributed by atoms with Gasteiger partial charge in [0.25, 0.3) is 5.91 Å². The number of nitrogens with zero attached hydrogens (tertiary/aromatic N) is 5. The summed E-state index contributed by atoms with van der Waals surface area (Å²) >= 11 is 0. The van der Waals surface area contributed by atoms with E-state index in [0.717, 1.165) is 6.20 Å². The molecular formula is C18H13FN6O2. The van der Waals surface area contributed by atoms with E-state index in [0.29, 0.717) is 17.3 Å². The van der Waals surface area contributed by atoms with Gasteiger partial charge in [-0.2, -0.15) is 5.10 Å². The minimum atomic E-state index is -0.529. The molecule has 0 saturated heterocycles. The molecule has 1 N–H and O–H groups in total. The fraction of sp³-hybridized carbons (Fsp3) is 0.0556. The van der Waals surface area contributed by atoms with Gasteiger partial charge in [0, 0.05) is 12.3 Å². The van der Waals surface area contributed by atoms with E-state index in [-0.39, 0.29) is 17.1 Å². The van der Waals surface area contributed by atoms with E-state index in [1.807, 2.05) is 0 Å². The van der Waals surface area contributed by atoms with Crippen molar-refractivity contribution in [3.05, 3.63) is 72.3 Å². The Hall–Kier alpha value is -3.88. The van der Waals surface area contributed by atoms with E-state index in [1.54, 1.807) is 37.5 Å². The number of pyridine rings is 3. The summed E-state index contributed by atoms with van der Waals surface area (Å²) in [4.78, 5) is 24.8. The summed E-state index contributed by atoms with van der Waals surface area (Å²) in [5.74, 6) is 0.421. The number of anilines is 1. The Kier molecular flexibility index (Phi) is 4.17. The topological polar surface area (TPSA) is 94.3 Å². The average Bonchev–Trinajstić information content (AvgIpc) is 3.02. The Balaban J connectivity index is 1.73. The number of carbonyl (C=O) groups is 1. The maximum absolute atomic E-state index is 13.3. The minimum Gasteiger partial charge on any atom is -0.454 e. The summed E-state index contributed by atoms with van der Waals surface area (Å²) in [6.07, 6.45) is 5.57. The third kappa shape index (κ3) is 3.56. The molecule has 0 unspecified atom stereocenters. The number of carbonyl (C=O) groups excluding carboxylic acids is 1. The quantitative estimate of drug-likeness (QED) is 0.598. The fourth-order valence-electron chi connectivity index (χ4n) is 2.50. The minimum absolute atomic E-state index is 0.197. The Morgan fingerprint density at radius 3 is 2.89 bits per heavy atom. The summed E-state index contributed by atoms with van der Waals surface area (Å²) in [7, 11) is 0. The zero-order valence-corrected chi connectivity index (χ0v) is 14.1. The number of rotatable bonds is 4. The van der Waals surface area contributed by atoms with E-state index >= 15 is 0 Å². The Morgan fingerprint density at radius 1 is 1.22 bits per heavy atom. The molecule has 4 rings (SSSR count). The van der Waals surface area contributed by atoms with Crippen LogP contribution < -0.4 is 10.1 Å². The predicted octanol–water partition coefficient (Wildman–Crippen LogP) is 3.01. The molecule has 4 heterocycles. The molecule has 0 saturated carbocycles. The summed E-state index contributed by atoms with van der Waals surface area (Å²) in [5, 5.41) is 6.92. The molecule has 9 heteroatoms. The standard InChI is InChI=1S/C18H13FN6O2/c1-11-22-17-15(18(26)23-16-4-2-3-5-21-16)7-14(10-25(17)24-11)27-13-6-12(19)8-20-9-13/h2-10H,1H3,(H,21,23,26). The zero-order chi connectivity index (χ0) is 18.8. The van der Waals surface area contributed by atoms with Crippen LogP contribution in [0.5, 0.6) is 11.5 Å². The van der Waals surface area contributed by atoms with Crippen LogP contribution in [0.1, 0.15) is 16.2 Å². The number of ether oxygens (including phenoxy) is 1. The smallest absolute Gasteiger partial charge is 0.260 e. The van der Waals surface area contributed by atoms with Crippen molar-refractivity contribution in [2.24, 2.45) is 0 Å². The van der Waals surface area contributed by atoms with Crippen LogP contribution in [-0.2, 0) is 0 Å². The van der Waals surface area contributed by atoms with Crippen LogP contribution in [-0.4, -0.2) is 30.5 Å². The lowest BCUT2D eigenvalue weighted by atomic mass is 10.2. The summed E-state index contributed by atoms with van der Waals surface area (Å²) < 4.78 is 20.4. The predicted molar refractivity (Wildman–Crippen MR) is 94.2 cm³/mol. The van der Waals surface area contributed by atoms with Gasteiger partial charge in [0.2, 0.25) is 0 Å². The maximum atomic E-state index is 13.3. The molecule has 0 fully saturated rings. The highest BCUT2D eigenvalue weighted by Gasteiger charge is 2.17. The Labute approximate surface area is 152 Å². The van der Waals surface area contributed by atoms with Crippen LogP contribution in [0.25, 0.3) is 5.65 Å². The van der Waals surface area contributed by atoms with Crippen molar-refractivity contribution in [3.8, 4) is 11.5 Å². The number of hydrogen-bond donors (Lipinski definition) is 1. The average molecular weight is 364 g/mol. The summed E-state index contributed by atoms with van der Waals surface area (Å²) in [5.41, 5.74) is 0.605. The molecular weight excluding hydrogens is 351 g/mol. The number of hydrogen-bond acceptors (Lipinski definition) is 6. The third-order valence-electron chi connectivity index (χ3n) is 3.58. The first-order chi connectivity index (χ1) is 13.1. The van der Waals surface area contributed by atoms with Gasteiger partial charge in [-0.1, -0.05) is 6.07 Å². The van der Waals surface area contributed by atoms with Gasteiger partial charge in [0.05, 0.1) is 24.2 Å². The number of aromatic nitrogens is 5. The van der Waals surface area contributed by atoms with Crippen LogP contribution >= 0.6 is 0 Å². The molecule has 0 aliphatic carbocycles. The fourth-order valence-corrected chi connectivity index (χ4v) is 2.50. The number of nitrogens with one attached hydrogen (secondary N) is 1. The van der Waals surface area contributed by atoms with Crippen LogP contribution in [0, 0.1) is 12.7 Å². The zero-order valence-electron chi connectivity index (χ0n) is 14.1. The van der Waals surface area contributed by atoms with E-state index in [2.05, 4.69) is 25.4 Å². The first-order valence-corrected chi connectivity index (χ1v) is 7.96. The summed E-state index contributed by atoms with van der Waals surface area (Å²) in [6.45, 7) is 1.71. The van der Waals surface area contributed by atoms with Gasteiger partial charge in [-0.05, 0) is 25.1 Å². The van der Waals surface area contributed by atoms with Crippen molar-refractivity contribution < 1.29 is 13.9 Å². The molecule has 0 atom stereocenters. The van der Waals surface area contributed by atoms with Gasteiger partial charge in [0.1, 0.15) is 29.0 Å². The van der Waals surface area contributed by atoms with E-state index < -0.39 is 11.7 Å². The highest BCUT2D eigenvalue weighted by atomic mass is 19.1. The molecule has 0 aromatic carbocycles. The molecule has 0 aliphatic heterocycles. The van der Waals surface area contributed by atoms with Crippen molar-refractivity contribution in [2.45, 2.75) is 6.92 Å². The van der Waals surface area contributed by atoms with Gasteiger partial charge < -0.3 is 10.1 Å². The van der Waals surface area contributed by atoms with Crippen LogP contribution in [0.15, 0.2) is 55.1 Å². The molecule has 4 aromatic heterocycles. The van der Waals surface area contributed by atoms with Crippen molar-refractivity contribution in [1.82, 2.24) is 24.6 Å². The second kappa shape index (κ2) is 6.79. The van der Waals surface area contributed by atoms with Crippen molar-refractivity contribution in [3.63, 3.8) is 0 Å². The number of amides is 1. The molecule has 0 aliphatic rings. The largest absolute Gasteiger partial charge is 0.454 e. The third-order valence-corrected chi connectivity index (χ3v) is 3.58. The second-order valence-electron chi connectivity index (χ2n) is 5.63. The SMILES string of the molecule is Cc1nc2c(C(=O)Nc3ccccn3)cc(Oc3cncc(F)c3)cn2n1. The normalized spacial score (nSPS) is 10.7. The number of halogens is 1. The molecule has 8 nitrogen and oxygen atoms in total. The first-order valence-electron chi connectivity index (χ1n) is 7.96. The first kappa shape index (κ1) is 16.6. The molecule has 0 spiro atoms. The van der Waals surface area contributed by atoms with Gasteiger partial charge in [-0.15, -0.1) is 0 Å². The molecule has 1 amide bonds. The lowest BCUT2D eigenvalue weighted by Crippen LogP contribution is -2.14. The molecule has 0 bridgehead atoms. The second-order valence-corrected chi connectivity index (χ2v) is 5.63. The number of fused-ring (bicyclic) bond motifs is 1. The maximum Gasteiger partial charge on any atom is 0.260 e. The van der Waals surface area contributed by atoms with Gasteiger partial charge >= 0.3 is 0 Å². The molecule has 4 aromatic rings. The molecule has 27 heavy (non-hydrogen) atoms. The van der Waals surface area contributed by atoms with Crippen molar-refractivity contribution >= 4 is 17.4 Å². The van der Waals surface area contributed by atoms with E-state index in [4.69, 9.17) is 4.74 Å². The highest BCUT2D eigenvalue weighted by molar-refractivity contribution is 6.08. The van der Waals surface area contributed by atoms with Gasteiger partial charge in [0.15, 0.2) is 5.65 Å². The summed E-state index contributed by atoms with van der Waals surface area (Å²) in [6, 6.07) is 7.88. The monoisotopic (exact) mass is 364 g/mol. The lowest BCUT2D eigenvalue weighted by molar-refractivity contribution is 0.102. The van der Waals surface area contributed by atoms with Crippen molar-refractivity contribution in [1.29, 1.82) is 0 Å². The van der Waals surface area contributed by atoms with Crippen LogP contribution in [0.4, 0.5) is 10.2 Å². The lowest BCUT2D eigenvalue weighted by Gasteiger charge is -2.09. The highest BCUT2D eigenvalue weighted by Crippen LogP contribution is 2.24. The van der Waals surface area contributed by atoms with Gasteiger partial charge in [-0.25, -0.2) is 18.9 Å². The van der Waals surface area contributed by atoms with Crippen molar-refractivity contribution in [2.75, 3.05) is 5.32 Å². The van der Waals surface area contributed by atoms with E-state index in [9.17, 15) is 9.18 Å². The van der Waals surface area contributed by atoms with E-state index in [1.165, 1.54) is 22.8 Å². The molecule has 0 radical (unpaired) electrons. The number of aryl methyl sites for hydroxylation is 1. The van der Waals surface area contributed by atoms with Crippen LogP contribution in [0.3, 0.4) is 0 Å². The van der Waals surface area contributed by atoms with Gasteiger partial charge in [-0.3, -0.25) is 9.78 Å².